The Morgan fingerprint density at radius 2 is 2.13 bits per heavy atom. The highest BCUT2D eigenvalue weighted by Gasteiger charge is 2.20. The Morgan fingerprint density at radius 1 is 1.39 bits per heavy atom. The maximum absolute atomic E-state index is 12.1. The highest BCUT2D eigenvalue weighted by Crippen LogP contribution is 2.29. The molecular weight excluding hydrogens is 330 g/mol. The van der Waals surface area contributed by atoms with Crippen molar-refractivity contribution in [2.24, 2.45) is 5.73 Å². The fourth-order valence-corrected chi connectivity index (χ4v) is 3.77. The SMILES string of the molecule is Cc1ccc(CCC(=O)Nc2nc3c(s2)C[C@@H](N)CC3)cc1.Cl. The minimum atomic E-state index is 0. The zero-order valence-corrected chi connectivity index (χ0v) is 14.8. The molecule has 1 atom stereocenters. The van der Waals surface area contributed by atoms with Gasteiger partial charge in [-0.2, -0.15) is 0 Å². The van der Waals surface area contributed by atoms with Crippen LogP contribution in [-0.4, -0.2) is 16.9 Å². The molecule has 0 bridgehead atoms. The molecule has 3 rings (SSSR count). The molecule has 0 radical (unpaired) electrons. The summed E-state index contributed by atoms with van der Waals surface area (Å²) in [5.41, 5.74) is 9.51. The molecule has 6 heteroatoms. The predicted molar refractivity (Wildman–Crippen MR) is 97.5 cm³/mol. The van der Waals surface area contributed by atoms with Gasteiger partial charge in [-0.05, 0) is 38.2 Å². The maximum atomic E-state index is 12.1. The maximum Gasteiger partial charge on any atom is 0.226 e. The van der Waals surface area contributed by atoms with Gasteiger partial charge in [-0.3, -0.25) is 4.79 Å². The van der Waals surface area contributed by atoms with Gasteiger partial charge in [0.25, 0.3) is 0 Å². The van der Waals surface area contributed by atoms with Crippen LogP contribution in [0.25, 0.3) is 0 Å². The molecular formula is C17H22ClN3OS. The topological polar surface area (TPSA) is 68.0 Å². The minimum Gasteiger partial charge on any atom is -0.327 e. The number of thiazole rings is 1. The zero-order chi connectivity index (χ0) is 15.5. The fourth-order valence-electron chi connectivity index (χ4n) is 2.65. The first-order valence-electron chi connectivity index (χ1n) is 7.69. The van der Waals surface area contributed by atoms with Gasteiger partial charge in [-0.1, -0.05) is 29.8 Å². The van der Waals surface area contributed by atoms with Gasteiger partial charge in [0.1, 0.15) is 0 Å². The third kappa shape index (κ3) is 4.77. The molecule has 1 heterocycles. The van der Waals surface area contributed by atoms with Crippen LogP contribution in [0.4, 0.5) is 5.13 Å². The molecule has 1 amide bonds. The molecule has 0 unspecified atom stereocenters. The van der Waals surface area contributed by atoms with Crippen molar-refractivity contribution in [2.45, 2.75) is 45.1 Å². The van der Waals surface area contributed by atoms with Crippen LogP contribution in [-0.2, 0) is 24.1 Å². The number of halogens is 1. The van der Waals surface area contributed by atoms with E-state index in [1.54, 1.807) is 11.3 Å². The highest BCUT2D eigenvalue weighted by atomic mass is 35.5. The summed E-state index contributed by atoms with van der Waals surface area (Å²) in [4.78, 5) is 17.8. The second kappa shape index (κ2) is 7.90. The lowest BCUT2D eigenvalue weighted by atomic mass is 9.99. The molecule has 124 valence electrons. The number of rotatable bonds is 4. The molecule has 1 aliphatic carbocycles. The molecule has 0 saturated carbocycles. The van der Waals surface area contributed by atoms with E-state index in [-0.39, 0.29) is 24.4 Å². The lowest BCUT2D eigenvalue weighted by Gasteiger charge is -2.15. The Labute approximate surface area is 146 Å². The normalized spacial score (nSPS) is 16.3. The number of carbonyl (C=O) groups excluding carboxylic acids is 1. The van der Waals surface area contributed by atoms with Crippen molar-refractivity contribution in [3.8, 4) is 0 Å². The van der Waals surface area contributed by atoms with Crippen LogP contribution in [0.2, 0.25) is 0 Å². The van der Waals surface area contributed by atoms with Crippen molar-refractivity contribution >= 4 is 34.8 Å². The van der Waals surface area contributed by atoms with Crippen molar-refractivity contribution < 1.29 is 4.79 Å². The van der Waals surface area contributed by atoms with Crippen LogP contribution in [0.3, 0.4) is 0 Å². The molecule has 0 fully saturated rings. The average molecular weight is 352 g/mol. The number of hydrogen-bond acceptors (Lipinski definition) is 4. The van der Waals surface area contributed by atoms with Crippen LogP contribution < -0.4 is 11.1 Å². The number of benzene rings is 1. The summed E-state index contributed by atoms with van der Waals surface area (Å²) in [6, 6.07) is 8.53. The van der Waals surface area contributed by atoms with E-state index >= 15 is 0 Å². The molecule has 1 aromatic heterocycles. The number of amides is 1. The summed E-state index contributed by atoms with van der Waals surface area (Å²) >= 11 is 1.57. The van der Waals surface area contributed by atoms with Crippen molar-refractivity contribution in [3.63, 3.8) is 0 Å². The Balaban J connectivity index is 0.00000192. The Bertz CT molecular complexity index is 669. The third-order valence-corrected chi connectivity index (χ3v) is 5.02. The van der Waals surface area contributed by atoms with Gasteiger partial charge in [0, 0.05) is 17.3 Å². The summed E-state index contributed by atoms with van der Waals surface area (Å²) in [5, 5.41) is 3.64. The monoisotopic (exact) mass is 351 g/mol. The summed E-state index contributed by atoms with van der Waals surface area (Å²) < 4.78 is 0. The highest BCUT2D eigenvalue weighted by molar-refractivity contribution is 7.15. The minimum absolute atomic E-state index is 0. The summed E-state index contributed by atoms with van der Waals surface area (Å²) in [6.45, 7) is 2.06. The number of aromatic nitrogens is 1. The molecule has 1 aliphatic rings. The number of hydrogen-bond donors (Lipinski definition) is 2. The number of carbonyl (C=O) groups is 1. The van der Waals surface area contributed by atoms with E-state index < -0.39 is 0 Å². The first kappa shape index (κ1) is 17.9. The smallest absolute Gasteiger partial charge is 0.226 e. The Kier molecular flexibility index (Phi) is 6.16. The van der Waals surface area contributed by atoms with Gasteiger partial charge in [0.15, 0.2) is 5.13 Å². The van der Waals surface area contributed by atoms with Crippen LogP contribution in [0, 0.1) is 6.92 Å². The number of nitrogens with zero attached hydrogens (tertiary/aromatic N) is 1. The summed E-state index contributed by atoms with van der Waals surface area (Å²) in [7, 11) is 0. The van der Waals surface area contributed by atoms with E-state index in [9.17, 15) is 4.79 Å². The van der Waals surface area contributed by atoms with Crippen LogP contribution in [0.1, 0.15) is 34.5 Å². The average Bonchev–Trinajstić information content (AvgIpc) is 2.88. The van der Waals surface area contributed by atoms with E-state index in [1.807, 2.05) is 0 Å². The molecule has 0 aliphatic heterocycles. The van der Waals surface area contributed by atoms with Crippen molar-refractivity contribution in [1.82, 2.24) is 4.98 Å². The number of anilines is 1. The number of nitrogens with one attached hydrogen (secondary N) is 1. The van der Waals surface area contributed by atoms with Gasteiger partial charge < -0.3 is 11.1 Å². The van der Waals surface area contributed by atoms with E-state index in [0.29, 0.717) is 11.6 Å². The number of nitrogens with two attached hydrogens (primary N) is 1. The molecule has 4 nitrogen and oxygen atoms in total. The first-order valence-corrected chi connectivity index (χ1v) is 8.51. The lowest BCUT2D eigenvalue weighted by Crippen LogP contribution is -2.27. The quantitative estimate of drug-likeness (QED) is 0.888. The third-order valence-electron chi connectivity index (χ3n) is 3.99. The summed E-state index contributed by atoms with van der Waals surface area (Å²) in [6.07, 6.45) is 4.02. The van der Waals surface area contributed by atoms with E-state index in [1.165, 1.54) is 16.0 Å². The van der Waals surface area contributed by atoms with Gasteiger partial charge in [0.2, 0.25) is 5.91 Å². The molecule has 0 spiro atoms. The largest absolute Gasteiger partial charge is 0.327 e. The summed E-state index contributed by atoms with van der Waals surface area (Å²) in [5.74, 6) is 0.0240. The molecule has 3 N–H and O–H groups in total. The Morgan fingerprint density at radius 3 is 2.87 bits per heavy atom. The van der Waals surface area contributed by atoms with Crippen molar-refractivity contribution in [1.29, 1.82) is 0 Å². The van der Waals surface area contributed by atoms with Crippen LogP contribution in [0.5, 0.6) is 0 Å². The zero-order valence-electron chi connectivity index (χ0n) is 13.2. The second-order valence-corrected chi connectivity index (χ2v) is 7.01. The van der Waals surface area contributed by atoms with Crippen LogP contribution in [0.15, 0.2) is 24.3 Å². The van der Waals surface area contributed by atoms with Gasteiger partial charge in [0.05, 0.1) is 5.69 Å². The number of aryl methyl sites for hydroxylation is 3. The molecule has 0 saturated heterocycles. The van der Waals surface area contributed by atoms with Crippen LogP contribution >= 0.6 is 23.7 Å². The Hall–Kier alpha value is -1.43. The number of fused-ring (bicyclic) bond motifs is 1. The fraction of sp³-hybridized carbons (Fsp3) is 0.412. The first-order chi connectivity index (χ1) is 10.6. The van der Waals surface area contributed by atoms with Gasteiger partial charge in [-0.25, -0.2) is 4.98 Å². The predicted octanol–water partition coefficient (Wildman–Crippen LogP) is 3.26. The van der Waals surface area contributed by atoms with Crippen molar-refractivity contribution in [2.75, 3.05) is 5.32 Å². The molecule has 23 heavy (non-hydrogen) atoms. The van der Waals surface area contributed by atoms with E-state index in [0.717, 1.165) is 31.4 Å². The molecule has 1 aromatic carbocycles. The van der Waals surface area contributed by atoms with Crippen molar-refractivity contribution in [3.05, 3.63) is 46.0 Å². The van der Waals surface area contributed by atoms with Gasteiger partial charge in [-0.15, -0.1) is 23.7 Å². The van der Waals surface area contributed by atoms with Gasteiger partial charge >= 0.3 is 0 Å². The van der Waals surface area contributed by atoms with E-state index in [4.69, 9.17) is 5.73 Å². The standard InChI is InChI=1S/C17H21N3OS.ClH/c1-11-2-4-12(5-3-11)6-9-16(21)20-17-19-14-8-7-13(18)10-15(14)22-17;/h2-5,13H,6-10,18H2,1H3,(H,19,20,21);1H/t13-;/m0./s1. The second-order valence-electron chi connectivity index (χ2n) is 5.93. The lowest BCUT2D eigenvalue weighted by molar-refractivity contribution is -0.116. The molecule has 2 aromatic rings. The van der Waals surface area contributed by atoms with E-state index in [2.05, 4.69) is 41.5 Å².